The van der Waals surface area contributed by atoms with Crippen molar-refractivity contribution < 1.29 is 13.9 Å². The number of hydrogen-bond donors (Lipinski definition) is 2. The number of rotatable bonds is 11. The topological polar surface area (TPSA) is 75.1 Å². The van der Waals surface area contributed by atoms with Crippen LogP contribution in [0.3, 0.4) is 0 Å². The molecule has 198 valence electrons. The number of ether oxygens (including phenoxy) is 1. The molecule has 37 heavy (non-hydrogen) atoms. The summed E-state index contributed by atoms with van der Waals surface area (Å²) in [7, 11) is 1.45. The summed E-state index contributed by atoms with van der Waals surface area (Å²) in [5.74, 6) is 0.0359. The summed E-state index contributed by atoms with van der Waals surface area (Å²) in [4.78, 5) is 17.6. The molecule has 1 amide bonds. The maximum absolute atomic E-state index is 15.1. The number of nitrogens with one attached hydrogen (secondary N) is 2. The van der Waals surface area contributed by atoms with Crippen molar-refractivity contribution in [3.63, 3.8) is 0 Å². The van der Waals surface area contributed by atoms with Gasteiger partial charge in [0.25, 0.3) is 5.91 Å². The molecule has 0 aliphatic carbocycles. The number of aromatic nitrogens is 1. The van der Waals surface area contributed by atoms with Crippen molar-refractivity contribution in [2.75, 3.05) is 13.7 Å². The van der Waals surface area contributed by atoms with Crippen molar-refractivity contribution in [1.29, 1.82) is 5.41 Å². The van der Waals surface area contributed by atoms with Gasteiger partial charge in [0.15, 0.2) is 0 Å². The lowest BCUT2D eigenvalue weighted by Gasteiger charge is -2.17. The maximum atomic E-state index is 15.1. The number of pyridine rings is 1. The highest BCUT2D eigenvalue weighted by Gasteiger charge is 2.18. The second-order valence-electron chi connectivity index (χ2n) is 9.16. The van der Waals surface area contributed by atoms with E-state index in [1.54, 1.807) is 18.2 Å². The Hall–Kier alpha value is -3.54. The van der Waals surface area contributed by atoms with Crippen LogP contribution in [0, 0.1) is 11.3 Å². The largest absolute Gasteiger partial charge is 0.481 e. The van der Waals surface area contributed by atoms with Crippen LogP contribution in [0.5, 0.6) is 0 Å². The first kappa shape index (κ1) is 29.7. The van der Waals surface area contributed by atoms with E-state index in [0.29, 0.717) is 46.2 Å². The molecule has 5 nitrogen and oxygen atoms in total. The molecule has 1 heterocycles. The zero-order valence-corrected chi connectivity index (χ0v) is 23.0. The van der Waals surface area contributed by atoms with E-state index >= 15 is 4.39 Å². The van der Waals surface area contributed by atoms with Crippen molar-refractivity contribution >= 4 is 29.5 Å². The van der Waals surface area contributed by atoms with E-state index in [2.05, 4.69) is 18.8 Å². The smallest absolute Gasteiger partial charge is 0.251 e. The minimum Gasteiger partial charge on any atom is -0.481 e. The minimum absolute atomic E-state index is 0.0356. The molecule has 2 N–H and O–H groups in total. The van der Waals surface area contributed by atoms with E-state index in [9.17, 15) is 4.79 Å². The summed E-state index contributed by atoms with van der Waals surface area (Å²) in [6, 6.07) is 9.06. The summed E-state index contributed by atoms with van der Waals surface area (Å²) in [6.45, 7) is 14.2. The average molecular weight is 506 g/mol. The van der Waals surface area contributed by atoms with Gasteiger partial charge in [0.05, 0.1) is 23.7 Å². The Morgan fingerprint density at radius 1 is 1.24 bits per heavy atom. The van der Waals surface area contributed by atoms with Gasteiger partial charge in [-0.1, -0.05) is 58.1 Å². The summed E-state index contributed by atoms with van der Waals surface area (Å²) in [5, 5.41) is 12.5. The van der Waals surface area contributed by atoms with Gasteiger partial charge in [-0.3, -0.25) is 10.2 Å². The van der Waals surface area contributed by atoms with Gasteiger partial charge in [-0.2, -0.15) is 0 Å². The van der Waals surface area contributed by atoms with Crippen molar-refractivity contribution in [2.24, 2.45) is 5.92 Å². The predicted molar refractivity (Wildman–Crippen MR) is 152 cm³/mol. The number of hydrogen-bond acceptors (Lipinski definition) is 4. The first-order chi connectivity index (χ1) is 17.7. The number of allylic oxidation sites excluding steroid dienone is 1. The Balaban J connectivity index is 2.24. The average Bonchev–Trinajstić information content (AvgIpc) is 2.91. The van der Waals surface area contributed by atoms with Gasteiger partial charge >= 0.3 is 0 Å². The van der Waals surface area contributed by atoms with E-state index in [-0.39, 0.29) is 24.3 Å². The zero-order valence-electron chi connectivity index (χ0n) is 23.0. The molecule has 0 radical (unpaired) electrons. The zero-order chi connectivity index (χ0) is 27.5. The molecule has 0 aliphatic rings. The molecule has 0 saturated carbocycles. The molecule has 0 fully saturated rings. The lowest BCUT2D eigenvalue weighted by molar-refractivity contribution is 0.0957. The van der Waals surface area contributed by atoms with Crippen molar-refractivity contribution in [2.45, 2.75) is 60.1 Å². The number of methoxy groups -OCH3 is 1. The maximum Gasteiger partial charge on any atom is 0.251 e. The molecule has 1 aromatic heterocycles. The van der Waals surface area contributed by atoms with Gasteiger partial charge in [-0.05, 0) is 78.8 Å². The van der Waals surface area contributed by atoms with Gasteiger partial charge < -0.3 is 10.1 Å². The van der Waals surface area contributed by atoms with Crippen LogP contribution in [0.4, 0.5) is 4.39 Å². The van der Waals surface area contributed by atoms with Crippen LogP contribution in [-0.4, -0.2) is 30.4 Å². The molecule has 2 atom stereocenters. The predicted octanol–water partition coefficient (Wildman–Crippen LogP) is 5.68. The highest BCUT2D eigenvalue weighted by Crippen LogP contribution is 2.30. The quantitative estimate of drug-likeness (QED) is 0.305. The number of aryl methyl sites for hydroxylation is 1. The highest BCUT2D eigenvalue weighted by atomic mass is 19.1. The molecule has 0 spiro atoms. The third kappa shape index (κ3) is 7.97. The highest BCUT2D eigenvalue weighted by molar-refractivity contribution is 6.17. The van der Waals surface area contributed by atoms with Gasteiger partial charge in [0.2, 0.25) is 5.90 Å². The molecular formula is C31H40FN3O2. The monoisotopic (exact) mass is 505 g/mol. The van der Waals surface area contributed by atoms with Crippen LogP contribution in [-0.2, 0) is 11.2 Å². The van der Waals surface area contributed by atoms with E-state index in [4.69, 9.17) is 15.1 Å². The van der Waals surface area contributed by atoms with Crippen molar-refractivity contribution in [3.05, 3.63) is 81.5 Å². The van der Waals surface area contributed by atoms with E-state index in [1.165, 1.54) is 7.11 Å². The fourth-order valence-corrected chi connectivity index (χ4v) is 4.04. The normalized spacial score (nSPS) is 14.3. The second-order valence-corrected chi connectivity index (χ2v) is 9.16. The fourth-order valence-electron chi connectivity index (χ4n) is 4.04. The summed E-state index contributed by atoms with van der Waals surface area (Å²) in [6.07, 6.45) is 6.53. The Labute approximate surface area is 220 Å². The van der Waals surface area contributed by atoms with Crippen LogP contribution >= 0.6 is 0 Å². The minimum atomic E-state index is -1.09. The third-order valence-corrected chi connectivity index (χ3v) is 6.53. The van der Waals surface area contributed by atoms with Crippen molar-refractivity contribution in [3.8, 4) is 0 Å². The Morgan fingerprint density at radius 3 is 2.57 bits per heavy atom. The van der Waals surface area contributed by atoms with Gasteiger partial charge in [0, 0.05) is 12.1 Å². The molecule has 6 heteroatoms. The first-order valence-corrected chi connectivity index (χ1v) is 12.9. The third-order valence-electron chi connectivity index (χ3n) is 6.53. The summed E-state index contributed by atoms with van der Waals surface area (Å²) >= 11 is 0. The number of alkyl halides is 1. The van der Waals surface area contributed by atoms with Crippen LogP contribution in [0.25, 0.3) is 17.7 Å². The lowest BCUT2D eigenvalue weighted by Crippen LogP contribution is -2.31. The van der Waals surface area contributed by atoms with Crippen LogP contribution in [0.2, 0.25) is 0 Å². The number of benzene rings is 1. The molecule has 2 rings (SSSR count). The Kier molecular flexibility index (Phi) is 11.4. The Bertz CT molecular complexity index is 1280. The van der Waals surface area contributed by atoms with E-state index < -0.39 is 6.17 Å². The fraction of sp³-hybridized carbons (Fsp3) is 0.387. The molecular weight excluding hydrogens is 465 g/mol. The standard InChI is InChI=1S/C31H40FN3O2/c1-8-20(5)16-27(32)26-18-24(13-12-22(26)9-2)31(36)34-19-21(6)17-29-23(10-3)14-15-28(35-29)25(11-4)30(33)37-7/h10-15,17-18,20,27,33H,6,8-9,16,19H2,1-5,7H3,(H,34,36)/b23-10-,25-11-,29-17+,33-30?. The number of carbonyl (C=O) groups is 1. The number of nitrogens with zero attached hydrogens (tertiary/aromatic N) is 1. The molecule has 0 bridgehead atoms. The summed E-state index contributed by atoms with van der Waals surface area (Å²) in [5.41, 5.74) is 3.84. The van der Waals surface area contributed by atoms with Gasteiger partial charge in [-0.15, -0.1) is 0 Å². The number of halogens is 1. The SMILES string of the molecule is C=C(/C=c1/nc(/C(=C/C)C(=N)OC)cc/c1=C/C)CNC(=O)c1ccc(CC)c(C(F)CC(C)CC)c1. The van der Waals surface area contributed by atoms with Crippen LogP contribution in [0.1, 0.15) is 80.8 Å². The summed E-state index contributed by atoms with van der Waals surface area (Å²) < 4.78 is 20.2. The van der Waals surface area contributed by atoms with Crippen molar-refractivity contribution in [1.82, 2.24) is 10.3 Å². The van der Waals surface area contributed by atoms with Crippen LogP contribution < -0.4 is 15.9 Å². The number of amides is 1. The Morgan fingerprint density at radius 2 is 1.97 bits per heavy atom. The van der Waals surface area contributed by atoms with E-state index in [0.717, 1.165) is 17.2 Å². The second kappa shape index (κ2) is 14.3. The van der Waals surface area contributed by atoms with E-state index in [1.807, 2.05) is 58.0 Å². The molecule has 0 saturated heterocycles. The van der Waals surface area contributed by atoms with Gasteiger partial charge in [0.1, 0.15) is 6.17 Å². The van der Waals surface area contributed by atoms with Gasteiger partial charge in [-0.25, -0.2) is 9.37 Å². The molecule has 0 aliphatic heterocycles. The first-order valence-electron chi connectivity index (χ1n) is 12.9. The molecule has 2 aromatic rings. The van der Waals surface area contributed by atoms with Crippen LogP contribution in [0.15, 0.2) is 48.6 Å². The molecule has 2 unspecified atom stereocenters. The lowest BCUT2D eigenvalue weighted by atomic mass is 9.92. The molecule has 1 aromatic carbocycles. The number of carbonyl (C=O) groups excluding carboxylic acids is 1.